The summed E-state index contributed by atoms with van der Waals surface area (Å²) in [6.07, 6.45) is 0. The van der Waals surface area contributed by atoms with E-state index in [9.17, 15) is 13.2 Å². The monoisotopic (exact) mass is 326 g/mol. The average molecular weight is 327 g/mol. The van der Waals surface area contributed by atoms with Crippen molar-refractivity contribution in [2.45, 2.75) is 0 Å². The van der Waals surface area contributed by atoms with Crippen molar-refractivity contribution in [1.82, 2.24) is 0 Å². The quantitative estimate of drug-likeness (QED) is 0.826. The lowest BCUT2D eigenvalue weighted by molar-refractivity contribution is 0.597. The standard InChI is InChI=1S/C13H6BrF3N2/c14-10-4-12(17)13(5-11(10)16)19-9-2-7(6-18)1-8(15)3-9/h1-5,19H. The van der Waals surface area contributed by atoms with Gasteiger partial charge in [0.05, 0.1) is 21.8 Å². The van der Waals surface area contributed by atoms with Gasteiger partial charge in [0, 0.05) is 11.8 Å². The van der Waals surface area contributed by atoms with Crippen LogP contribution in [0.4, 0.5) is 24.5 Å². The number of rotatable bonds is 2. The highest BCUT2D eigenvalue weighted by atomic mass is 79.9. The number of halogens is 4. The van der Waals surface area contributed by atoms with Gasteiger partial charge in [-0.2, -0.15) is 5.26 Å². The van der Waals surface area contributed by atoms with Crippen LogP contribution in [0, 0.1) is 28.8 Å². The second kappa shape index (κ2) is 5.33. The molecule has 2 rings (SSSR count). The predicted octanol–water partition coefficient (Wildman–Crippen LogP) is 4.48. The van der Waals surface area contributed by atoms with Gasteiger partial charge >= 0.3 is 0 Å². The first-order valence-electron chi connectivity index (χ1n) is 5.12. The number of nitriles is 1. The van der Waals surface area contributed by atoms with Crippen molar-refractivity contribution in [3.05, 3.63) is 57.8 Å². The summed E-state index contributed by atoms with van der Waals surface area (Å²) in [6.45, 7) is 0. The Bertz CT molecular complexity index is 680. The average Bonchev–Trinajstić information content (AvgIpc) is 2.35. The predicted molar refractivity (Wildman–Crippen MR) is 68.5 cm³/mol. The third-order valence-electron chi connectivity index (χ3n) is 2.32. The molecule has 0 amide bonds. The fourth-order valence-electron chi connectivity index (χ4n) is 1.50. The Morgan fingerprint density at radius 3 is 2.42 bits per heavy atom. The van der Waals surface area contributed by atoms with Gasteiger partial charge in [-0.1, -0.05) is 0 Å². The molecule has 96 valence electrons. The van der Waals surface area contributed by atoms with Crippen LogP contribution in [0.1, 0.15) is 5.56 Å². The van der Waals surface area contributed by atoms with Crippen LogP contribution in [0.5, 0.6) is 0 Å². The summed E-state index contributed by atoms with van der Waals surface area (Å²) < 4.78 is 40.1. The van der Waals surface area contributed by atoms with Crippen LogP contribution < -0.4 is 5.32 Å². The molecule has 0 unspecified atom stereocenters. The van der Waals surface area contributed by atoms with E-state index < -0.39 is 17.5 Å². The Hall–Kier alpha value is -2.00. The molecule has 19 heavy (non-hydrogen) atoms. The van der Waals surface area contributed by atoms with Gasteiger partial charge in [0.2, 0.25) is 0 Å². The van der Waals surface area contributed by atoms with Crippen molar-refractivity contribution in [3.8, 4) is 6.07 Å². The highest BCUT2D eigenvalue weighted by molar-refractivity contribution is 9.10. The zero-order chi connectivity index (χ0) is 14.0. The first-order valence-corrected chi connectivity index (χ1v) is 5.91. The Kier molecular flexibility index (Phi) is 3.76. The third kappa shape index (κ3) is 3.06. The van der Waals surface area contributed by atoms with Crippen LogP contribution >= 0.6 is 15.9 Å². The molecule has 2 aromatic rings. The van der Waals surface area contributed by atoms with Gasteiger partial charge < -0.3 is 5.32 Å². The molecule has 0 saturated heterocycles. The lowest BCUT2D eigenvalue weighted by Gasteiger charge is -2.09. The van der Waals surface area contributed by atoms with Crippen molar-refractivity contribution in [2.75, 3.05) is 5.32 Å². The highest BCUT2D eigenvalue weighted by Gasteiger charge is 2.09. The summed E-state index contributed by atoms with van der Waals surface area (Å²) in [4.78, 5) is 0. The van der Waals surface area contributed by atoms with Crippen molar-refractivity contribution < 1.29 is 13.2 Å². The Morgan fingerprint density at radius 2 is 1.74 bits per heavy atom. The highest BCUT2D eigenvalue weighted by Crippen LogP contribution is 2.26. The normalized spacial score (nSPS) is 10.1. The molecule has 2 aromatic carbocycles. The molecule has 2 nitrogen and oxygen atoms in total. The van der Waals surface area contributed by atoms with Gasteiger partial charge in [0.25, 0.3) is 0 Å². The van der Waals surface area contributed by atoms with Gasteiger partial charge in [0.15, 0.2) is 0 Å². The minimum atomic E-state index is -0.698. The summed E-state index contributed by atoms with van der Waals surface area (Å²) in [5, 5.41) is 11.2. The number of anilines is 2. The van der Waals surface area contributed by atoms with Crippen molar-refractivity contribution in [2.24, 2.45) is 0 Å². The van der Waals surface area contributed by atoms with E-state index in [1.807, 2.05) is 0 Å². The SMILES string of the molecule is N#Cc1cc(F)cc(Nc2cc(F)c(Br)cc2F)c1. The van der Waals surface area contributed by atoms with E-state index >= 15 is 0 Å². The van der Waals surface area contributed by atoms with Crippen LogP contribution in [0.3, 0.4) is 0 Å². The second-order valence-corrected chi connectivity index (χ2v) is 4.57. The molecule has 0 fully saturated rings. The largest absolute Gasteiger partial charge is 0.353 e. The van der Waals surface area contributed by atoms with E-state index in [-0.39, 0.29) is 21.4 Å². The van der Waals surface area contributed by atoms with Crippen molar-refractivity contribution in [3.63, 3.8) is 0 Å². The maximum absolute atomic E-state index is 13.6. The first kappa shape index (κ1) is 13.4. The lowest BCUT2D eigenvalue weighted by Crippen LogP contribution is -1.97. The summed E-state index contributed by atoms with van der Waals surface area (Å²) in [6, 6.07) is 7.14. The van der Waals surface area contributed by atoms with E-state index in [1.165, 1.54) is 6.07 Å². The van der Waals surface area contributed by atoms with Gasteiger partial charge in [-0.15, -0.1) is 0 Å². The number of hydrogen-bond donors (Lipinski definition) is 1. The fraction of sp³-hybridized carbons (Fsp3) is 0. The van der Waals surface area contributed by atoms with Gasteiger partial charge in [-0.05, 0) is 40.2 Å². The van der Waals surface area contributed by atoms with Gasteiger partial charge in [-0.25, -0.2) is 13.2 Å². The smallest absolute Gasteiger partial charge is 0.147 e. The summed E-state index contributed by atoms with van der Waals surface area (Å²) in [7, 11) is 0. The molecule has 0 atom stereocenters. The van der Waals surface area contributed by atoms with Crippen LogP contribution in [0.25, 0.3) is 0 Å². The number of benzene rings is 2. The minimum Gasteiger partial charge on any atom is -0.353 e. The molecule has 0 aliphatic heterocycles. The second-order valence-electron chi connectivity index (χ2n) is 3.71. The number of nitrogens with zero attached hydrogens (tertiary/aromatic N) is 1. The molecule has 0 bridgehead atoms. The summed E-state index contributed by atoms with van der Waals surface area (Å²) in [5.41, 5.74) is 0.104. The van der Waals surface area contributed by atoms with Crippen LogP contribution in [0.15, 0.2) is 34.8 Å². The Morgan fingerprint density at radius 1 is 1.00 bits per heavy atom. The maximum Gasteiger partial charge on any atom is 0.147 e. The molecule has 0 aromatic heterocycles. The van der Waals surface area contributed by atoms with E-state index in [1.54, 1.807) is 6.07 Å². The molecule has 6 heteroatoms. The number of hydrogen-bond acceptors (Lipinski definition) is 2. The zero-order valence-corrected chi connectivity index (χ0v) is 10.9. The third-order valence-corrected chi connectivity index (χ3v) is 2.92. The Balaban J connectivity index is 2.39. The topological polar surface area (TPSA) is 35.8 Å². The molecule has 0 aliphatic rings. The molecule has 1 N–H and O–H groups in total. The molecule has 0 spiro atoms. The lowest BCUT2D eigenvalue weighted by atomic mass is 10.2. The molecule has 0 saturated carbocycles. The molecular formula is C13H6BrF3N2. The minimum absolute atomic E-state index is 0.00694. The molecular weight excluding hydrogens is 321 g/mol. The van der Waals surface area contributed by atoms with Crippen LogP contribution in [-0.4, -0.2) is 0 Å². The van der Waals surface area contributed by atoms with Crippen molar-refractivity contribution in [1.29, 1.82) is 5.26 Å². The van der Waals surface area contributed by atoms with Gasteiger partial charge in [0.1, 0.15) is 17.5 Å². The van der Waals surface area contributed by atoms with Gasteiger partial charge in [-0.3, -0.25) is 0 Å². The summed E-state index contributed by atoms with van der Waals surface area (Å²) in [5.74, 6) is -1.99. The first-order chi connectivity index (χ1) is 8.99. The molecule has 0 heterocycles. The fourth-order valence-corrected chi connectivity index (χ4v) is 1.82. The zero-order valence-electron chi connectivity index (χ0n) is 9.35. The number of nitrogens with one attached hydrogen (secondary N) is 1. The summed E-state index contributed by atoms with van der Waals surface area (Å²) >= 11 is 2.85. The molecule has 0 radical (unpaired) electrons. The maximum atomic E-state index is 13.6. The van der Waals surface area contributed by atoms with E-state index in [0.717, 1.165) is 24.3 Å². The van der Waals surface area contributed by atoms with E-state index in [4.69, 9.17) is 5.26 Å². The van der Waals surface area contributed by atoms with Crippen molar-refractivity contribution >= 4 is 27.3 Å². The Labute approximate surface area is 115 Å². The van der Waals surface area contributed by atoms with Crippen LogP contribution in [-0.2, 0) is 0 Å². The van der Waals surface area contributed by atoms with E-state index in [0.29, 0.717) is 0 Å². The molecule has 0 aliphatic carbocycles. The van der Waals surface area contributed by atoms with E-state index in [2.05, 4.69) is 21.2 Å². The van der Waals surface area contributed by atoms with Crippen LogP contribution in [0.2, 0.25) is 0 Å².